The number of thiazole rings is 1. The molecule has 0 unspecified atom stereocenters. The first-order valence-electron chi connectivity index (χ1n) is 9.65. The maximum Gasteiger partial charge on any atom is 0.272 e. The van der Waals surface area contributed by atoms with Crippen LogP contribution in [0.4, 0.5) is 0 Å². The Labute approximate surface area is 167 Å². The van der Waals surface area contributed by atoms with Crippen molar-refractivity contribution < 1.29 is 9.59 Å². The highest BCUT2D eigenvalue weighted by Gasteiger charge is 2.41. The zero-order valence-electron chi connectivity index (χ0n) is 15.9. The van der Waals surface area contributed by atoms with E-state index in [-0.39, 0.29) is 23.9 Å². The summed E-state index contributed by atoms with van der Waals surface area (Å²) < 4.78 is 1.91. The number of nitrogens with zero attached hydrogens (tertiary/aromatic N) is 3. The molecule has 4 heterocycles. The molecule has 7 heteroatoms. The number of amides is 2. The van der Waals surface area contributed by atoms with Crippen LogP contribution in [-0.4, -0.2) is 44.7 Å². The van der Waals surface area contributed by atoms with Crippen molar-refractivity contribution >= 4 is 28.1 Å². The molecular weight excluding hydrogens is 372 g/mol. The van der Waals surface area contributed by atoms with Gasteiger partial charge in [-0.1, -0.05) is 17.7 Å². The maximum absolute atomic E-state index is 13.4. The summed E-state index contributed by atoms with van der Waals surface area (Å²) in [6, 6.07) is 6.41. The Balaban J connectivity index is 1.53. The molecule has 2 atom stereocenters. The van der Waals surface area contributed by atoms with Crippen LogP contribution in [0.25, 0.3) is 16.2 Å². The van der Waals surface area contributed by atoms with E-state index in [1.165, 1.54) is 22.5 Å². The van der Waals surface area contributed by atoms with E-state index in [2.05, 4.69) is 37.4 Å². The lowest BCUT2D eigenvalue weighted by Gasteiger charge is -2.27. The number of carbonyl (C=O) groups excluding carboxylic acids is 2. The molecule has 0 aliphatic carbocycles. The Bertz CT molecular complexity index is 1100. The summed E-state index contributed by atoms with van der Waals surface area (Å²) in [6.07, 6.45) is 4.20. The molecule has 5 rings (SSSR count). The molecule has 6 nitrogen and oxygen atoms in total. The molecule has 2 bridgehead atoms. The first kappa shape index (κ1) is 17.4. The van der Waals surface area contributed by atoms with Gasteiger partial charge in [0, 0.05) is 42.2 Å². The Morgan fingerprint density at radius 3 is 2.93 bits per heavy atom. The standard InChI is InChI=1S/C21H22N4O2S/c1-12-3-4-13(2)16(7-12)17-10-24-18(11-28-21(24)23-17)20(27)25-14-5-6-15(25)9-22-19(26)8-14/h3-4,7,10-11,14-15H,5-6,8-9H2,1-2H3,(H,22,26)/t14-,15+/m1/s1. The van der Waals surface area contributed by atoms with Crippen LogP contribution in [-0.2, 0) is 4.79 Å². The zero-order valence-corrected chi connectivity index (χ0v) is 16.8. The summed E-state index contributed by atoms with van der Waals surface area (Å²) in [4.78, 5) is 32.8. The molecule has 1 N–H and O–H groups in total. The van der Waals surface area contributed by atoms with Gasteiger partial charge < -0.3 is 10.2 Å². The highest BCUT2D eigenvalue weighted by atomic mass is 32.1. The largest absolute Gasteiger partial charge is 0.354 e. The Kier molecular flexibility index (Phi) is 4.01. The van der Waals surface area contributed by atoms with Crippen LogP contribution in [0, 0.1) is 13.8 Å². The molecule has 3 aromatic rings. The van der Waals surface area contributed by atoms with E-state index in [1.807, 2.05) is 20.9 Å². The second-order valence-corrected chi connectivity index (χ2v) is 8.66. The SMILES string of the molecule is Cc1ccc(C)c(-c2cn3c(C(=O)N4[C@@H]5CC[C@H]4CNC(=O)C5)csc3n2)c1. The number of hydrogen-bond donors (Lipinski definition) is 1. The van der Waals surface area contributed by atoms with Gasteiger partial charge >= 0.3 is 0 Å². The lowest BCUT2D eigenvalue weighted by Crippen LogP contribution is -2.42. The van der Waals surface area contributed by atoms with E-state index in [1.54, 1.807) is 0 Å². The van der Waals surface area contributed by atoms with Crippen molar-refractivity contribution in [2.45, 2.75) is 45.2 Å². The number of carbonyl (C=O) groups is 2. The van der Waals surface area contributed by atoms with Crippen molar-refractivity contribution in [2.24, 2.45) is 0 Å². The summed E-state index contributed by atoms with van der Waals surface area (Å²) in [6.45, 7) is 4.69. The number of aryl methyl sites for hydroxylation is 2. The van der Waals surface area contributed by atoms with Crippen LogP contribution in [0.15, 0.2) is 29.8 Å². The second-order valence-electron chi connectivity index (χ2n) is 7.82. The van der Waals surface area contributed by atoms with E-state index in [9.17, 15) is 9.59 Å². The molecule has 0 radical (unpaired) electrons. The summed E-state index contributed by atoms with van der Waals surface area (Å²) in [5.74, 6) is 0.0421. The molecule has 0 saturated carbocycles. The average Bonchev–Trinajstić information content (AvgIpc) is 3.31. The Hall–Kier alpha value is -2.67. The fourth-order valence-electron chi connectivity index (χ4n) is 4.42. The van der Waals surface area contributed by atoms with Crippen molar-refractivity contribution in [2.75, 3.05) is 6.54 Å². The predicted molar refractivity (Wildman–Crippen MR) is 109 cm³/mol. The van der Waals surface area contributed by atoms with Crippen LogP contribution < -0.4 is 5.32 Å². The van der Waals surface area contributed by atoms with Crippen molar-refractivity contribution in [3.05, 3.63) is 46.6 Å². The van der Waals surface area contributed by atoms with Crippen molar-refractivity contribution in [1.82, 2.24) is 19.6 Å². The maximum atomic E-state index is 13.4. The normalized spacial score (nSPS) is 21.8. The minimum Gasteiger partial charge on any atom is -0.354 e. The third kappa shape index (κ3) is 2.73. The van der Waals surface area contributed by atoms with Crippen molar-refractivity contribution in [1.29, 1.82) is 0 Å². The molecule has 144 valence electrons. The van der Waals surface area contributed by atoms with Gasteiger partial charge in [0.05, 0.1) is 5.69 Å². The zero-order chi connectivity index (χ0) is 19.4. The minimum atomic E-state index is -0.00282. The van der Waals surface area contributed by atoms with Crippen LogP contribution >= 0.6 is 11.3 Å². The van der Waals surface area contributed by atoms with Crippen LogP contribution in [0.1, 0.15) is 40.9 Å². The summed E-state index contributed by atoms with van der Waals surface area (Å²) in [5, 5.41) is 4.82. The number of benzene rings is 1. The molecule has 2 saturated heterocycles. The minimum absolute atomic E-state index is 0.000152. The fourth-order valence-corrected chi connectivity index (χ4v) is 5.27. The number of aromatic nitrogens is 2. The van der Waals surface area contributed by atoms with Crippen LogP contribution in [0.3, 0.4) is 0 Å². The molecule has 2 fully saturated rings. The van der Waals surface area contributed by atoms with E-state index < -0.39 is 0 Å². The highest BCUT2D eigenvalue weighted by molar-refractivity contribution is 7.15. The summed E-state index contributed by atoms with van der Waals surface area (Å²) >= 11 is 1.48. The first-order valence-corrected chi connectivity index (χ1v) is 10.5. The Morgan fingerprint density at radius 2 is 2.07 bits per heavy atom. The van der Waals surface area contributed by atoms with Gasteiger partial charge in [-0.15, -0.1) is 11.3 Å². The number of fused-ring (bicyclic) bond motifs is 3. The van der Waals surface area contributed by atoms with Crippen LogP contribution in [0.5, 0.6) is 0 Å². The van der Waals surface area contributed by atoms with Gasteiger partial charge in [0.1, 0.15) is 5.69 Å². The second kappa shape index (κ2) is 6.44. The quantitative estimate of drug-likeness (QED) is 0.726. The molecule has 2 aromatic heterocycles. The summed E-state index contributed by atoms with van der Waals surface area (Å²) in [5.41, 5.74) is 4.97. The molecule has 28 heavy (non-hydrogen) atoms. The number of nitrogens with one attached hydrogen (secondary N) is 1. The monoisotopic (exact) mass is 394 g/mol. The first-order chi connectivity index (χ1) is 13.5. The van der Waals surface area contributed by atoms with Gasteiger partial charge in [-0.25, -0.2) is 4.98 Å². The van der Waals surface area contributed by atoms with Gasteiger partial charge in [-0.2, -0.15) is 0 Å². The molecule has 1 aromatic carbocycles. The number of imidazole rings is 1. The van der Waals surface area contributed by atoms with Gasteiger partial charge in [0.2, 0.25) is 5.91 Å². The molecular formula is C21H22N4O2S. The highest BCUT2D eigenvalue weighted by Crippen LogP contribution is 2.32. The average molecular weight is 395 g/mol. The fraction of sp³-hybridized carbons (Fsp3) is 0.381. The molecule has 2 aliphatic rings. The van der Waals surface area contributed by atoms with E-state index in [4.69, 9.17) is 4.98 Å². The Morgan fingerprint density at radius 1 is 1.25 bits per heavy atom. The lowest BCUT2D eigenvalue weighted by atomic mass is 10.0. The number of rotatable bonds is 2. The van der Waals surface area contributed by atoms with Gasteiger partial charge in [0.25, 0.3) is 5.91 Å². The van der Waals surface area contributed by atoms with Gasteiger partial charge in [-0.05, 0) is 38.3 Å². The molecule has 2 aliphatic heterocycles. The van der Waals surface area contributed by atoms with Crippen LogP contribution in [0.2, 0.25) is 0 Å². The van der Waals surface area contributed by atoms with E-state index in [0.29, 0.717) is 18.7 Å². The predicted octanol–water partition coefficient (Wildman–Crippen LogP) is 3.17. The lowest BCUT2D eigenvalue weighted by molar-refractivity contribution is -0.121. The van der Waals surface area contributed by atoms with Gasteiger partial charge in [0.15, 0.2) is 4.96 Å². The summed E-state index contributed by atoms with van der Waals surface area (Å²) in [7, 11) is 0. The van der Waals surface area contributed by atoms with E-state index in [0.717, 1.165) is 29.1 Å². The third-order valence-corrected chi connectivity index (χ3v) is 6.75. The van der Waals surface area contributed by atoms with Crippen molar-refractivity contribution in [3.63, 3.8) is 0 Å². The smallest absolute Gasteiger partial charge is 0.272 e. The molecule has 2 amide bonds. The van der Waals surface area contributed by atoms with E-state index >= 15 is 0 Å². The van der Waals surface area contributed by atoms with Crippen molar-refractivity contribution in [3.8, 4) is 11.3 Å². The third-order valence-electron chi connectivity index (χ3n) is 5.91. The topological polar surface area (TPSA) is 66.7 Å². The number of hydrogen-bond acceptors (Lipinski definition) is 4. The van der Waals surface area contributed by atoms with Gasteiger partial charge in [-0.3, -0.25) is 14.0 Å². The molecule has 0 spiro atoms.